The quantitative estimate of drug-likeness (QED) is 0.900. The number of fused-ring (bicyclic) bond motifs is 1. The Kier molecular flexibility index (Phi) is 2.75. The van der Waals surface area contributed by atoms with Gasteiger partial charge in [0.15, 0.2) is 0 Å². The topological polar surface area (TPSA) is 42.4 Å². The standard InChI is InChI=1S/C15H14FNO2/c1-19-13-6-3-9-17-14(13)15(18)8-7-10-11(15)4-2-5-12(10)16/h2-6,9,18H,7-8H2,1H3. The minimum absolute atomic E-state index is 0.275. The first-order chi connectivity index (χ1) is 9.16. The van der Waals surface area contributed by atoms with Gasteiger partial charge in [-0.2, -0.15) is 0 Å². The molecule has 0 aliphatic heterocycles. The number of aromatic nitrogens is 1. The third-order valence-electron chi connectivity index (χ3n) is 3.68. The van der Waals surface area contributed by atoms with Crippen molar-refractivity contribution in [2.24, 2.45) is 0 Å². The van der Waals surface area contributed by atoms with Crippen LogP contribution in [0.5, 0.6) is 5.75 Å². The van der Waals surface area contributed by atoms with Crippen molar-refractivity contribution in [2.45, 2.75) is 18.4 Å². The van der Waals surface area contributed by atoms with E-state index in [0.717, 1.165) is 0 Å². The van der Waals surface area contributed by atoms with Gasteiger partial charge in [-0.1, -0.05) is 12.1 Å². The molecule has 98 valence electrons. The summed E-state index contributed by atoms with van der Waals surface area (Å²) in [7, 11) is 1.53. The molecule has 1 N–H and O–H groups in total. The molecule has 1 aliphatic rings. The number of aliphatic hydroxyl groups is 1. The maximum absolute atomic E-state index is 13.8. The SMILES string of the molecule is COc1cccnc1C1(O)CCc2c(F)cccc21. The van der Waals surface area contributed by atoms with Gasteiger partial charge in [0.05, 0.1) is 7.11 Å². The van der Waals surface area contributed by atoms with Crippen molar-refractivity contribution in [3.63, 3.8) is 0 Å². The van der Waals surface area contributed by atoms with E-state index in [9.17, 15) is 9.50 Å². The van der Waals surface area contributed by atoms with Crippen molar-refractivity contribution < 1.29 is 14.2 Å². The first-order valence-corrected chi connectivity index (χ1v) is 6.16. The Bertz CT molecular complexity index is 629. The molecule has 3 nitrogen and oxygen atoms in total. The molecule has 0 saturated carbocycles. The Balaban J connectivity index is 2.19. The lowest BCUT2D eigenvalue weighted by Gasteiger charge is -2.25. The van der Waals surface area contributed by atoms with E-state index in [2.05, 4.69) is 4.98 Å². The summed E-state index contributed by atoms with van der Waals surface area (Å²) in [6.45, 7) is 0. The Morgan fingerprint density at radius 1 is 1.32 bits per heavy atom. The summed E-state index contributed by atoms with van der Waals surface area (Å²) in [4.78, 5) is 4.23. The molecular weight excluding hydrogens is 245 g/mol. The van der Waals surface area contributed by atoms with E-state index >= 15 is 0 Å². The number of pyridine rings is 1. The number of hydrogen-bond donors (Lipinski definition) is 1. The minimum Gasteiger partial charge on any atom is -0.495 e. The minimum atomic E-state index is -1.27. The first-order valence-electron chi connectivity index (χ1n) is 6.16. The summed E-state index contributed by atoms with van der Waals surface area (Å²) in [5.74, 6) is 0.241. The fourth-order valence-corrected chi connectivity index (χ4v) is 2.75. The predicted molar refractivity (Wildman–Crippen MR) is 68.5 cm³/mol. The Morgan fingerprint density at radius 3 is 2.95 bits per heavy atom. The fraction of sp³-hybridized carbons (Fsp3) is 0.267. The van der Waals surface area contributed by atoms with Gasteiger partial charge in [0.25, 0.3) is 0 Å². The normalized spacial score (nSPS) is 21.2. The van der Waals surface area contributed by atoms with Gasteiger partial charge in [0, 0.05) is 6.20 Å². The van der Waals surface area contributed by atoms with Crippen LogP contribution in [-0.2, 0) is 12.0 Å². The van der Waals surface area contributed by atoms with Gasteiger partial charge in [0.2, 0.25) is 0 Å². The van der Waals surface area contributed by atoms with Crippen LogP contribution in [0.15, 0.2) is 36.5 Å². The molecule has 1 aromatic carbocycles. The van der Waals surface area contributed by atoms with Gasteiger partial charge >= 0.3 is 0 Å². The monoisotopic (exact) mass is 259 g/mol. The van der Waals surface area contributed by atoms with Crippen LogP contribution in [0.25, 0.3) is 0 Å². The number of ether oxygens (including phenoxy) is 1. The van der Waals surface area contributed by atoms with Crippen LogP contribution in [-0.4, -0.2) is 17.2 Å². The van der Waals surface area contributed by atoms with Crippen molar-refractivity contribution in [1.82, 2.24) is 4.98 Å². The highest BCUT2D eigenvalue weighted by Gasteiger charge is 2.42. The largest absolute Gasteiger partial charge is 0.495 e. The van der Waals surface area contributed by atoms with E-state index in [1.165, 1.54) is 13.2 Å². The van der Waals surface area contributed by atoms with Crippen molar-refractivity contribution in [2.75, 3.05) is 7.11 Å². The third-order valence-corrected chi connectivity index (χ3v) is 3.68. The highest BCUT2D eigenvalue weighted by atomic mass is 19.1. The molecular formula is C15H14FNO2. The zero-order valence-corrected chi connectivity index (χ0v) is 10.6. The molecule has 4 heteroatoms. The summed E-state index contributed by atoms with van der Waals surface area (Å²) >= 11 is 0. The fourth-order valence-electron chi connectivity index (χ4n) is 2.75. The van der Waals surface area contributed by atoms with E-state index < -0.39 is 5.60 Å². The van der Waals surface area contributed by atoms with Crippen molar-refractivity contribution in [3.05, 3.63) is 59.2 Å². The third kappa shape index (κ3) is 1.71. The Hall–Kier alpha value is -1.94. The molecule has 0 amide bonds. The second kappa shape index (κ2) is 4.31. The van der Waals surface area contributed by atoms with Crippen molar-refractivity contribution in [1.29, 1.82) is 0 Å². The first kappa shape index (κ1) is 12.1. The molecule has 1 atom stereocenters. The molecule has 0 bridgehead atoms. The van der Waals surface area contributed by atoms with Gasteiger partial charge < -0.3 is 9.84 Å². The Labute approximate surface area is 110 Å². The predicted octanol–water partition coefficient (Wildman–Crippen LogP) is 2.41. The van der Waals surface area contributed by atoms with Crippen molar-refractivity contribution >= 4 is 0 Å². The molecule has 0 radical (unpaired) electrons. The van der Waals surface area contributed by atoms with Crippen molar-refractivity contribution in [3.8, 4) is 5.75 Å². The van der Waals surface area contributed by atoms with Crippen LogP contribution in [0.4, 0.5) is 4.39 Å². The highest BCUT2D eigenvalue weighted by molar-refractivity contribution is 5.47. The van der Waals surface area contributed by atoms with E-state index in [1.54, 1.807) is 30.5 Å². The van der Waals surface area contributed by atoms with Gasteiger partial charge in [-0.25, -0.2) is 4.39 Å². The van der Waals surface area contributed by atoms with Gasteiger partial charge in [-0.3, -0.25) is 4.98 Å². The molecule has 1 aromatic heterocycles. The summed E-state index contributed by atoms with van der Waals surface area (Å²) < 4.78 is 19.0. The second-order valence-electron chi connectivity index (χ2n) is 4.68. The number of rotatable bonds is 2. The summed E-state index contributed by atoms with van der Waals surface area (Å²) in [6, 6.07) is 8.27. The average molecular weight is 259 g/mol. The van der Waals surface area contributed by atoms with E-state index in [0.29, 0.717) is 35.4 Å². The van der Waals surface area contributed by atoms with Crippen LogP contribution in [0, 0.1) is 5.82 Å². The summed E-state index contributed by atoms with van der Waals surface area (Å²) in [5.41, 5.74) is 0.327. The number of methoxy groups -OCH3 is 1. The molecule has 1 heterocycles. The summed E-state index contributed by atoms with van der Waals surface area (Å²) in [6.07, 6.45) is 2.52. The average Bonchev–Trinajstić information content (AvgIpc) is 2.79. The molecule has 1 unspecified atom stereocenters. The lowest BCUT2D eigenvalue weighted by atomic mass is 9.91. The van der Waals surface area contributed by atoms with Crippen LogP contribution in [0.2, 0.25) is 0 Å². The number of nitrogens with zero attached hydrogens (tertiary/aromatic N) is 1. The van der Waals surface area contributed by atoms with Gasteiger partial charge in [0.1, 0.15) is 22.9 Å². The van der Waals surface area contributed by atoms with Gasteiger partial charge in [-0.15, -0.1) is 0 Å². The van der Waals surface area contributed by atoms with Crippen LogP contribution < -0.4 is 4.74 Å². The maximum Gasteiger partial charge on any atom is 0.143 e. The lowest BCUT2D eigenvalue weighted by Crippen LogP contribution is -2.26. The van der Waals surface area contributed by atoms with E-state index in [1.807, 2.05) is 0 Å². The second-order valence-corrected chi connectivity index (χ2v) is 4.68. The van der Waals surface area contributed by atoms with Gasteiger partial charge in [-0.05, 0) is 42.2 Å². The zero-order chi connectivity index (χ0) is 13.5. The number of benzene rings is 1. The molecule has 2 aromatic rings. The van der Waals surface area contributed by atoms with Crippen LogP contribution >= 0.6 is 0 Å². The lowest BCUT2D eigenvalue weighted by molar-refractivity contribution is 0.0750. The molecule has 3 rings (SSSR count). The molecule has 19 heavy (non-hydrogen) atoms. The van der Waals surface area contributed by atoms with E-state index in [-0.39, 0.29) is 5.82 Å². The molecule has 0 fully saturated rings. The molecule has 0 spiro atoms. The Morgan fingerprint density at radius 2 is 2.16 bits per heavy atom. The number of hydrogen-bond acceptors (Lipinski definition) is 3. The zero-order valence-electron chi connectivity index (χ0n) is 10.6. The van der Waals surface area contributed by atoms with Crippen LogP contribution in [0.3, 0.4) is 0 Å². The molecule has 0 saturated heterocycles. The van der Waals surface area contributed by atoms with Crippen LogP contribution in [0.1, 0.15) is 23.2 Å². The molecule has 1 aliphatic carbocycles. The summed E-state index contributed by atoms with van der Waals surface area (Å²) in [5, 5.41) is 10.9. The van der Waals surface area contributed by atoms with E-state index in [4.69, 9.17) is 4.74 Å². The number of halogens is 1. The maximum atomic E-state index is 13.8. The highest BCUT2D eigenvalue weighted by Crippen LogP contribution is 2.44. The smallest absolute Gasteiger partial charge is 0.143 e.